The second kappa shape index (κ2) is 6.28. The van der Waals surface area contributed by atoms with Gasteiger partial charge in [0.15, 0.2) is 0 Å². The van der Waals surface area contributed by atoms with Gasteiger partial charge in [-0.15, -0.1) is 0 Å². The Labute approximate surface area is 123 Å². The second-order valence-electron chi connectivity index (χ2n) is 7.37. The number of rotatable bonds is 3. The molecule has 1 aliphatic rings. The lowest BCUT2D eigenvalue weighted by molar-refractivity contribution is 0.0916. The molecule has 2 nitrogen and oxygen atoms in total. The lowest BCUT2D eigenvalue weighted by Gasteiger charge is -2.31. The number of nitrogens with zero attached hydrogens (tertiary/aromatic N) is 1. The Morgan fingerprint density at radius 2 is 1.70 bits per heavy atom. The second-order valence-corrected chi connectivity index (χ2v) is 7.37. The van der Waals surface area contributed by atoms with E-state index in [9.17, 15) is 5.11 Å². The molecule has 0 radical (unpaired) electrons. The molecule has 1 aromatic rings. The average Bonchev–Trinajstić information content (AvgIpc) is 2.40. The molecule has 2 rings (SSSR count). The largest absolute Gasteiger partial charge is 0.387 e. The summed E-state index contributed by atoms with van der Waals surface area (Å²) in [5, 5.41) is 10.4. The first kappa shape index (κ1) is 15.5. The van der Waals surface area contributed by atoms with Gasteiger partial charge in [0.2, 0.25) is 0 Å². The van der Waals surface area contributed by atoms with Gasteiger partial charge in [0, 0.05) is 6.54 Å². The Balaban J connectivity index is 1.94. The zero-order valence-electron chi connectivity index (χ0n) is 13.4. The van der Waals surface area contributed by atoms with Gasteiger partial charge < -0.3 is 10.0 Å². The quantitative estimate of drug-likeness (QED) is 0.908. The van der Waals surface area contributed by atoms with E-state index in [-0.39, 0.29) is 11.5 Å². The highest BCUT2D eigenvalue weighted by molar-refractivity contribution is 5.28. The van der Waals surface area contributed by atoms with Crippen molar-refractivity contribution in [2.45, 2.75) is 52.1 Å². The van der Waals surface area contributed by atoms with Crippen LogP contribution in [0.4, 0.5) is 0 Å². The number of hydrogen-bond donors (Lipinski definition) is 1. The van der Waals surface area contributed by atoms with E-state index in [1.165, 1.54) is 18.4 Å². The molecule has 1 fully saturated rings. The zero-order valence-corrected chi connectivity index (χ0v) is 13.4. The molecule has 1 heterocycles. The summed E-state index contributed by atoms with van der Waals surface area (Å²) in [5.74, 6) is 0.842. The fourth-order valence-corrected chi connectivity index (χ4v) is 2.80. The van der Waals surface area contributed by atoms with E-state index in [4.69, 9.17) is 0 Å². The molecule has 2 heteroatoms. The van der Waals surface area contributed by atoms with Crippen molar-refractivity contribution in [2.75, 3.05) is 19.6 Å². The molecule has 0 amide bonds. The van der Waals surface area contributed by atoms with Gasteiger partial charge in [-0.05, 0) is 48.4 Å². The molecule has 1 atom stereocenters. The van der Waals surface area contributed by atoms with Crippen molar-refractivity contribution in [2.24, 2.45) is 5.92 Å². The van der Waals surface area contributed by atoms with E-state index in [0.717, 1.165) is 31.1 Å². The molecule has 0 saturated carbocycles. The maximum atomic E-state index is 10.4. The van der Waals surface area contributed by atoms with Crippen LogP contribution in [-0.2, 0) is 5.41 Å². The van der Waals surface area contributed by atoms with Gasteiger partial charge in [-0.2, -0.15) is 0 Å². The monoisotopic (exact) mass is 275 g/mol. The molecular weight excluding hydrogens is 246 g/mol. The van der Waals surface area contributed by atoms with E-state index in [2.05, 4.69) is 56.9 Å². The third-order valence-corrected chi connectivity index (χ3v) is 4.47. The predicted molar refractivity (Wildman–Crippen MR) is 84.9 cm³/mol. The maximum absolute atomic E-state index is 10.4. The highest BCUT2D eigenvalue weighted by Crippen LogP contribution is 2.25. The Kier molecular flexibility index (Phi) is 4.87. The molecule has 20 heavy (non-hydrogen) atoms. The van der Waals surface area contributed by atoms with Crippen LogP contribution in [0.15, 0.2) is 24.3 Å². The molecule has 1 aliphatic heterocycles. The van der Waals surface area contributed by atoms with Crippen LogP contribution in [0.25, 0.3) is 0 Å². The Bertz CT molecular complexity index is 410. The van der Waals surface area contributed by atoms with Crippen LogP contribution in [-0.4, -0.2) is 29.6 Å². The maximum Gasteiger partial charge on any atom is 0.0916 e. The van der Waals surface area contributed by atoms with E-state index < -0.39 is 0 Å². The van der Waals surface area contributed by atoms with Crippen LogP contribution in [0.2, 0.25) is 0 Å². The lowest BCUT2D eigenvalue weighted by atomic mass is 9.86. The predicted octanol–water partition coefficient (Wildman–Crippen LogP) is 3.75. The SMILES string of the molecule is CC1CCN(CC(O)c2ccc(C(C)(C)C)cc2)CC1. The van der Waals surface area contributed by atoms with Gasteiger partial charge in [0.05, 0.1) is 6.10 Å². The molecular formula is C18H29NO. The van der Waals surface area contributed by atoms with Gasteiger partial charge in [0.25, 0.3) is 0 Å². The summed E-state index contributed by atoms with van der Waals surface area (Å²) >= 11 is 0. The van der Waals surface area contributed by atoms with E-state index in [1.807, 2.05) is 0 Å². The number of β-amino-alcohol motifs (C(OH)–C–C–N with tert-alkyl or cyclic N) is 1. The molecule has 112 valence electrons. The third-order valence-electron chi connectivity index (χ3n) is 4.47. The van der Waals surface area contributed by atoms with Crippen molar-refractivity contribution in [3.8, 4) is 0 Å². The fourth-order valence-electron chi connectivity index (χ4n) is 2.80. The van der Waals surface area contributed by atoms with Crippen molar-refractivity contribution < 1.29 is 5.11 Å². The average molecular weight is 275 g/mol. The Morgan fingerprint density at radius 1 is 1.15 bits per heavy atom. The van der Waals surface area contributed by atoms with Crippen molar-refractivity contribution in [3.63, 3.8) is 0 Å². The fraction of sp³-hybridized carbons (Fsp3) is 0.667. The summed E-state index contributed by atoms with van der Waals surface area (Å²) in [7, 11) is 0. The number of aliphatic hydroxyl groups excluding tert-OH is 1. The van der Waals surface area contributed by atoms with Crippen molar-refractivity contribution in [1.29, 1.82) is 0 Å². The number of hydrogen-bond acceptors (Lipinski definition) is 2. The van der Waals surface area contributed by atoms with E-state index >= 15 is 0 Å². The first-order valence-electron chi connectivity index (χ1n) is 7.87. The molecule has 1 unspecified atom stereocenters. The van der Waals surface area contributed by atoms with Crippen LogP contribution in [0, 0.1) is 5.92 Å². The Morgan fingerprint density at radius 3 is 2.20 bits per heavy atom. The van der Waals surface area contributed by atoms with E-state index in [1.54, 1.807) is 0 Å². The first-order valence-corrected chi connectivity index (χ1v) is 7.87. The van der Waals surface area contributed by atoms with Gasteiger partial charge in [-0.3, -0.25) is 0 Å². The van der Waals surface area contributed by atoms with Crippen LogP contribution in [0.1, 0.15) is 57.8 Å². The zero-order chi connectivity index (χ0) is 14.8. The summed E-state index contributed by atoms with van der Waals surface area (Å²) < 4.78 is 0. The highest BCUT2D eigenvalue weighted by Gasteiger charge is 2.19. The van der Waals surface area contributed by atoms with Crippen LogP contribution in [0.5, 0.6) is 0 Å². The standard InChI is InChI=1S/C18H29NO/c1-14-9-11-19(12-10-14)13-17(20)15-5-7-16(8-6-15)18(2,3)4/h5-8,14,17,20H,9-13H2,1-4H3. The van der Waals surface area contributed by atoms with Crippen molar-refractivity contribution >= 4 is 0 Å². The van der Waals surface area contributed by atoms with Crippen LogP contribution < -0.4 is 0 Å². The summed E-state index contributed by atoms with van der Waals surface area (Å²) in [5.41, 5.74) is 2.53. The first-order chi connectivity index (χ1) is 9.36. The van der Waals surface area contributed by atoms with Crippen LogP contribution in [0.3, 0.4) is 0 Å². The molecule has 0 aromatic heterocycles. The molecule has 0 spiro atoms. The minimum atomic E-state index is -0.363. The molecule has 0 bridgehead atoms. The molecule has 1 N–H and O–H groups in total. The van der Waals surface area contributed by atoms with Crippen LogP contribution >= 0.6 is 0 Å². The molecule has 1 saturated heterocycles. The molecule has 0 aliphatic carbocycles. The van der Waals surface area contributed by atoms with Gasteiger partial charge in [-0.1, -0.05) is 52.0 Å². The van der Waals surface area contributed by atoms with E-state index in [0.29, 0.717) is 0 Å². The minimum absolute atomic E-state index is 0.173. The van der Waals surface area contributed by atoms with Crippen molar-refractivity contribution in [3.05, 3.63) is 35.4 Å². The number of piperidine rings is 1. The van der Waals surface area contributed by atoms with Gasteiger partial charge in [0.1, 0.15) is 0 Å². The summed E-state index contributed by atoms with van der Waals surface area (Å²) in [6, 6.07) is 8.46. The normalized spacial score (nSPS) is 20.1. The minimum Gasteiger partial charge on any atom is -0.387 e. The summed E-state index contributed by atoms with van der Waals surface area (Å²) in [6.07, 6.45) is 2.16. The number of aliphatic hydroxyl groups is 1. The topological polar surface area (TPSA) is 23.5 Å². The number of likely N-dealkylation sites (tertiary alicyclic amines) is 1. The summed E-state index contributed by atoms with van der Waals surface area (Å²) in [6.45, 7) is 12.0. The highest BCUT2D eigenvalue weighted by atomic mass is 16.3. The van der Waals surface area contributed by atoms with Gasteiger partial charge in [-0.25, -0.2) is 0 Å². The summed E-state index contributed by atoms with van der Waals surface area (Å²) in [4.78, 5) is 2.39. The van der Waals surface area contributed by atoms with Gasteiger partial charge >= 0.3 is 0 Å². The van der Waals surface area contributed by atoms with Crippen molar-refractivity contribution in [1.82, 2.24) is 4.90 Å². The number of benzene rings is 1. The Hall–Kier alpha value is -0.860. The third kappa shape index (κ3) is 4.07. The smallest absolute Gasteiger partial charge is 0.0916 e. The molecule has 1 aromatic carbocycles. The lowest BCUT2D eigenvalue weighted by Crippen LogP contribution is -2.35.